The third-order valence-electron chi connectivity index (χ3n) is 3.35. The van der Waals surface area contributed by atoms with E-state index in [-0.39, 0.29) is 0 Å². The number of benzene rings is 2. The summed E-state index contributed by atoms with van der Waals surface area (Å²) in [7, 11) is 0. The van der Waals surface area contributed by atoms with Crippen LogP contribution in [0.25, 0.3) is 6.08 Å². The van der Waals surface area contributed by atoms with Crippen LogP contribution in [0, 0.1) is 0 Å². The van der Waals surface area contributed by atoms with E-state index in [0.29, 0.717) is 0 Å². The maximum Gasteiger partial charge on any atom is 0.150 e. The number of halogens is 1. The van der Waals surface area contributed by atoms with Crippen molar-refractivity contribution in [3.8, 4) is 5.75 Å². The van der Waals surface area contributed by atoms with Crippen molar-refractivity contribution in [1.82, 2.24) is 0 Å². The molecule has 0 spiro atoms. The zero-order valence-corrected chi connectivity index (χ0v) is 12.1. The number of anilines is 1. The summed E-state index contributed by atoms with van der Waals surface area (Å²) >= 11 is 6.02. The van der Waals surface area contributed by atoms with Crippen LogP contribution in [0.1, 0.15) is 12.5 Å². The van der Waals surface area contributed by atoms with Gasteiger partial charge in [0.2, 0.25) is 0 Å². The first kappa shape index (κ1) is 13.1. The molecule has 0 fully saturated rings. The molecule has 0 bridgehead atoms. The van der Waals surface area contributed by atoms with Crippen molar-refractivity contribution in [1.29, 1.82) is 0 Å². The molecule has 0 N–H and O–H groups in total. The van der Waals surface area contributed by atoms with Gasteiger partial charge in [-0.3, -0.25) is 0 Å². The van der Waals surface area contributed by atoms with E-state index in [2.05, 4.69) is 17.9 Å². The van der Waals surface area contributed by atoms with E-state index in [1.807, 2.05) is 48.5 Å². The van der Waals surface area contributed by atoms with E-state index < -0.39 is 0 Å². The fourth-order valence-electron chi connectivity index (χ4n) is 2.39. The predicted octanol–water partition coefficient (Wildman–Crippen LogP) is 4.60. The first-order chi connectivity index (χ1) is 9.76. The molecule has 1 aliphatic rings. The molecule has 0 atom stereocenters. The summed E-state index contributed by atoms with van der Waals surface area (Å²) in [5.74, 6) is 1.85. The van der Waals surface area contributed by atoms with Crippen LogP contribution >= 0.6 is 11.6 Å². The first-order valence-electron chi connectivity index (χ1n) is 6.74. The Bertz CT molecular complexity index is 651. The van der Waals surface area contributed by atoms with E-state index in [1.54, 1.807) is 0 Å². The van der Waals surface area contributed by atoms with Gasteiger partial charge in [-0.1, -0.05) is 35.9 Å². The van der Waals surface area contributed by atoms with Crippen molar-refractivity contribution < 1.29 is 4.74 Å². The predicted molar refractivity (Wildman–Crippen MR) is 84.4 cm³/mol. The van der Waals surface area contributed by atoms with E-state index >= 15 is 0 Å². The molecule has 0 aromatic heterocycles. The van der Waals surface area contributed by atoms with Crippen molar-refractivity contribution in [2.75, 3.05) is 18.0 Å². The van der Waals surface area contributed by atoms with Crippen LogP contribution < -0.4 is 9.64 Å². The Labute approximate surface area is 124 Å². The topological polar surface area (TPSA) is 12.5 Å². The van der Waals surface area contributed by atoms with Crippen molar-refractivity contribution in [2.45, 2.75) is 6.92 Å². The minimum atomic E-state index is 0.739. The monoisotopic (exact) mass is 285 g/mol. The molecule has 0 unspecified atom stereocenters. The summed E-state index contributed by atoms with van der Waals surface area (Å²) in [6.45, 7) is 3.88. The molecule has 2 aromatic carbocycles. The number of likely N-dealkylation sites (N-methyl/N-ethyl adjacent to an activating group) is 1. The average molecular weight is 286 g/mol. The highest BCUT2D eigenvalue weighted by atomic mass is 35.5. The molecule has 1 aliphatic heterocycles. The second-order valence-corrected chi connectivity index (χ2v) is 5.19. The molecule has 0 saturated carbocycles. The van der Waals surface area contributed by atoms with E-state index in [1.165, 1.54) is 0 Å². The second kappa shape index (κ2) is 5.59. The fraction of sp³-hybridized carbons (Fsp3) is 0.176. The van der Waals surface area contributed by atoms with Crippen molar-refractivity contribution in [2.24, 2.45) is 0 Å². The lowest BCUT2D eigenvalue weighted by atomic mass is 10.1. The molecule has 3 rings (SSSR count). The molecule has 0 aliphatic carbocycles. The molecule has 102 valence electrons. The maximum atomic E-state index is 6.02. The largest absolute Gasteiger partial charge is 0.458 e. The summed E-state index contributed by atoms with van der Waals surface area (Å²) in [5, 5.41) is 0.739. The summed E-state index contributed by atoms with van der Waals surface area (Å²) in [4.78, 5) is 2.30. The van der Waals surface area contributed by atoms with Gasteiger partial charge in [-0.05, 0) is 42.8 Å². The van der Waals surface area contributed by atoms with Crippen LogP contribution in [-0.2, 0) is 0 Å². The lowest BCUT2D eigenvalue weighted by Crippen LogP contribution is -2.30. The zero-order valence-electron chi connectivity index (χ0n) is 11.3. The van der Waals surface area contributed by atoms with E-state index in [0.717, 1.165) is 40.9 Å². The molecule has 20 heavy (non-hydrogen) atoms. The van der Waals surface area contributed by atoms with Gasteiger partial charge in [0.05, 0.1) is 12.2 Å². The third kappa shape index (κ3) is 2.66. The van der Waals surface area contributed by atoms with Gasteiger partial charge in [0.1, 0.15) is 11.5 Å². The molecular weight excluding hydrogens is 270 g/mol. The Hall–Kier alpha value is -1.93. The van der Waals surface area contributed by atoms with E-state index in [4.69, 9.17) is 16.3 Å². The first-order valence-corrected chi connectivity index (χ1v) is 7.12. The Balaban J connectivity index is 1.94. The Kier molecular flexibility index (Phi) is 3.66. The normalized spacial score (nSPS) is 15.9. The third-order valence-corrected chi connectivity index (χ3v) is 3.59. The highest BCUT2D eigenvalue weighted by Gasteiger charge is 2.19. The molecule has 0 saturated heterocycles. The number of fused-ring (bicyclic) bond motifs is 1. The number of ether oxygens (including phenoxy) is 1. The molecular formula is C17H16ClNO. The minimum absolute atomic E-state index is 0.739. The van der Waals surface area contributed by atoms with Gasteiger partial charge in [-0.2, -0.15) is 0 Å². The molecule has 0 amide bonds. The molecule has 0 radical (unpaired) electrons. The van der Waals surface area contributed by atoms with Gasteiger partial charge >= 0.3 is 0 Å². The zero-order chi connectivity index (χ0) is 13.9. The quantitative estimate of drug-likeness (QED) is 0.799. The van der Waals surface area contributed by atoms with Gasteiger partial charge in [-0.25, -0.2) is 0 Å². The van der Waals surface area contributed by atoms with Crippen molar-refractivity contribution in [3.05, 3.63) is 64.9 Å². The summed E-state index contributed by atoms with van der Waals surface area (Å²) in [5.41, 5.74) is 2.21. The summed E-state index contributed by atoms with van der Waals surface area (Å²) in [6.07, 6.45) is 2.05. The summed E-state index contributed by atoms with van der Waals surface area (Å²) in [6, 6.07) is 15.9. The Morgan fingerprint density at radius 2 is 2.05 bits per heavy atom. The lowest BCUT2D eigenvalue weighted by Gasteiger charge is -2.31. The van der Waals surface area contributed by atoms with Gasteiger partial charge in [-0.15, -0.1) is 0 Å². The molecule has 1 heterocycles. The highest BCUT2D eigenvalue weighted by molar-refractivity contribution is 6.30. The maximum absolute atomic E-state index is 6.02. The highest BCUT2D eigenvalue weighted by Crippen LogP contribution is 2.34. The van der Waals surface area contributed by atoms with Gasteiger partial charge < -0.3 is 9.64 Å². The van der Waals surface area contributed by atoms with E-state index in [9.17, 15) is 0 Å². The van der Waals surface area contributed by atoms with Crippen LogP contribution in [0.15, 0.2) is 54.3 Å². The van der Waals surface area contributed by atoms with Crippen LogP contribution in [0.2, 0.25) is 5.02 Å². The Morgan fingerprint density at radius 1 is 1.20 bits per heavy atom. The minimum Gasteiger partial charge on any atom is -0.458 e. The number of nitrogens with zero attached hydrogens (tertiary/aromatic N) is 1. The van der Waals surface area contributed by atoms with Crippen molar-refractivity contribution in [3.63, 3.8) is 0 Å². The number of rotatable bonds is 2. The molecule has 3 heteroatoms. The van der Waals surface area contributed by atoms with Crippen LogP contribution in [0.5, 0.6) is 5.75 Å². The smallest absolute Gasteiger partial charge is 0.150 e. The number of para-hydroxylation sites is 2. The SMILES string of the molecule is CCN1C/C(=C\c2cccc(Cl)c2)Oc2ccccc21. The number of hydrogen-bond donors (Lipinski definition) is 0. The van der Waals surface area contributed by atoms with Crippen LogP contribution in [-0.4, -0.2) is 13.1 Å². The fourth-order valence-corrected chi connectivity index (χ4v) is 2.59. The second-order valence-electron chi connectivity index (χ2n) is 4.75. The molecule has 2 nitrogen and oxygen atoms in total. The summed E-state index contributed by atoms with van der Waals surface area (Å²) < 4.78 is 5.98. The van der Waals surface area contributed by atoms with Crippen molar-refractivity contribution >= 4 is 23.4 Å². The Morgan fingerprint density at radius 3 is 2.85 bits per heavy atom. The average Bonchev–Trinajstić information content (AvgIpc) is 2.46. The number of hydrogen-bond acceptors (Lipinski definition) is 2. The molecule has 2 aromatic rings. The van der Waals surface area contributed by atoms with Crippen LogP contribution in [0.4, 0.5) is 5.69 Å². The van der Waals surface area contributed by atoms with Gasteiger partial charge in [0.15, 0.2) is 0 Å². The van der Waals surface area contributed by atoms with Crippen LogP contribution in [0.3, 0.4) is 0 Å². The standard InChI is InChI=1S/C17H16ClNO/c1-2-19-12-15(11-13-6-5-7-14(18)10-13)20-17-9-4-3-8-16(17)19/h3-11H,2,12H2,1H3/b15-11+. The lowest BCUT2D eigenvalue weighted by molar-refractivity contribution is 0.401. The van der Waals surface area contributed by atoms with Gasteiger partial charge in [0.25, 0.3) is 0 Å². The van der Waals surface area contributed by atoms with Gasteiger partial charge in [0, 0.05) is 11.6 Å².